The Hall–Kier alpha value is -3.64. The van der Waals surface area contributed by atoms with E-state index < -0.39 is 11.9 Å². The maximum absolute atomic E-state index is 13.7. The molecular formula is C28H23ClFNO4. The van der Waals surface area contributed by atoms with E-state index in [0.717, 1.165) is 23.1 Å². The number of amides is 1. The molecule has 0 saturated carbocycles. The van der Waals surface area contributed by atoms with Gasteiger partial charge < -0.3 is 14.1 Å². The normalized spacial score (nSPS) is 15.0. The number of hydrogen-bond donors (Lipinski definition) is 0. The average molecular weight is 492 g/mol. The number of carbonyl (C=O) groups excluding carboxylic acids is 1. The third kappa shape index (κ3) is 4.19. The summed E-state index contributed by atoms with van der Waals surface area (Å²) in [5.74, 6) is -0.0349. The Morgan fingerprint density at radius 3 is 2.46 bits per heavy atom. The van der Waals surface area contributed by atoms with E-state index in [1.807, 2.05) is 38.1 Å². The van der Waals surface area contributed by atoms with Crippen molar-refractivity contribution in [2.45, 2.75) is 32.9 Å². The van der Waals surface area contributed by atoms with Gasteiger partial charge in [-0.15, -0.1) is 0 Å². The first kappa shape index (κ1) is 23.1. The summed E-state index contributed by atoms with van der Waals surface area (Å²) < 4.78 is 25.2. The highest BCUT2D eigenvalue weighted by molar-refractivity contribution is 6.32. The van der Waals surface area contributed by atoms with Crippen LogP contribution in [0.5, 0.6) is 5.75 Å². The zero-order valence-corrected chi connectivity index (χ0v) is 20.1. The molecule has 3 aromatic carbocycles. The van der Waals surface area contributed by atoms with Gasteiger partial charge in [0, 0.05) is 11.6 Å². The molecule has 0 bridgehead atoms. The second-order valence-electron chi connectivity index (χ2n) is 8.65. The van der Waals surface area contributed by atoms with Gasteiger partial charge in [-0.25, -0.2) is 4.39 Å². The van der Waals surface area contributed by atoms with Crippen LogP contribution in [0.3, 0.4) is 0 Å². The topological polar surface area (TPSA) is 59.8 Å². The number of hydrogen-bond acceptors (Lipinski definition) is 4. The smallest absolute Gasteiger partial charge is 0.291 e. The zero-order valence-electron chi connectivity index (χ0n) is 19.3. The minimum Gasteiger partial charge on any atom is -0.494 e. The Labute approximate surface area is 206 Å². The van der Waals surface area contributed by atoms with E-state index in [0.29, 0.717) is 28.3 Å². The van der Waals surface area contributed by atoms with Crippen molar-refractivity contribution in [1.82, 2.24) is 4.90 Å². The van der Waals surface area contributed by atoms with Crippen LogP contribution in [0.2, 0.25) is 5.02 Å². The van der Waals surface area contributed by atoms with Gasteiger partial charge in [-0.2, -0.15) is 0 Å². The molecule has 7 heteroatoms. The van der Waals surface area contributed by atoms with Crippen LogP contribution in [-0.2, 0) is 6.54 Å². The van der Waals surface area contributed by atoms with Crippen molar-refractivity contribution in [2.24, 2.45) is 0 Å². The van der Waals surface area contributed by atoms with Crippen LogP contribution in [0.25, 0.3) is 11.0 Å². The lowest BCUT2D eigenvalue weighted by atomic mass is 9.98. The standard InChI is InChI=1S/C28H23ClFNO4/c1-3-12-34-20-10-6-18(7-11-20)25-24-26(32)21-14-22(29)16(2)13-23(21)35-27(24)28(33)31(25)15-17-4-8-19(30)9-5-17/h4-11,13-14,25H,3,12,15H2,1-2H3. The zero-order chi connectivity index (χ0) is 24.7. The molecule has 0 fully saturated rings. The monoisotopic (exact) mass is 491 g/mol. The highest BCUT2D eigenvalue weighted by Gasteiger charge is 2.42. The van der Waals surface area contributed by atoms with Crippen molar-refractivity contribution >= 4 is 28.5 Å². The Bertz CT molecular complexity index is 1480. The summed E-state index contributed by atoms with van der Waals surface area (Å²) >= 11 is 6.30. The van der Waals surface area contributed by atoms with Gasteiger partial charge in [-0.05, 0) is 66.4 Å². The molecule has 1 unspecified atom stereocenters. The second kappa shape index (κ2) is 9.19. The van der Waals surface area contributed by atoms with Crippen LogP contribution in [-0.4, -0.2) is 17.4 Å². The molecule has 35 heavy (non-hydrogen) atoms. The quantitative estimate of drug-likeness (QED) is 0.312. The van der Waals surface area contributed by atoms with E-state index in [4.69, 9.17) is 20.8 Å². The number of ether oxygens (including phenoxy) is 1. The summed E-state index contributed by atoms with van der Waals surface area (Å²) in [5, 5.41) is 0.773. The summed E-state index contributed by atoms with van der Waals surface area (Å²) in [6.45, 7) is 4.61. The van der Waals surface area contributed by atoms with E-state index in [2.05, 4.69) is 0 Å². The number of fused-ring (bicyclic) bond motifs is 2. The van der Waals surface area contributed by atoms with E-state index in [-0.39, 0.29) is 29.1 Å². The molecule has 0 N–H and O–H groups in total. The van der Waals surface area contributed by atoms with Crippen molar-refractivity contribution in [3.8, 4) is 5.75 Å². The number of nitrogens with zero attached hydrogens (tertiary/aromatic N) is 1. The van der Waals surface area contributed by atoms with Crippen LogP contribution in [0.1, 0.15) is 52.2 Å². The fourth-order valence-corrected chi connectivity index (χ4v) is 4.57. The molecule has 0 spiro atoms. The van der Waals surface area contributed by atoms with Crippen LogP contribution >= 0.6 is 11.6 Å². The molecule has 1 atom stereocenters. The van der Waals surface area contributed by atoms with Crippen LogP contribution < -0.4 is 10.2 Å². The largest absolute Gasteiger partial charge is 0.494 e. The lowest BCUT2D eigenvalue weighted by molar-refractivity contribution is 0.0714. The van der Waals surface area contributed by atoms with E-state index >= 15 is 0 Å². The molecule has 1 aromatic heterocycles. The Morgan fingerprint density at radius 1 is 1.06 bits per heavy atom. The first-order valence-electron chi connectivity index (χ1n) is 11.4. The number of halogens is 2. The highest BCUT2D eigenvalue weighted by Crippen LogP contribution is 2.40. The van der Waals surface area contributed by atoms with E-state index in [9.17, 15) is 14.0 Å². The van der Waals surface area contributed by atoms with Gasteiger partial charge in [0.25, 0.3) is 5.91 Å². The molecule has 1 amide bonds. The maximum Gasteiger partial charge on any atom is 0.291 e. The predicted octanol–water partition coefficient (Wildman–Crippen LogP) is 6.43. The van der Waals surface area contributed by atoms with Crippen LogP contribution in [0, 0.1) is 12.7 Å². The fourth-order valence-electron chi connectivity index (χ4n) is 4.40. The molecule has 2 heterocycles. The lowest BCUT2D eigenvalue weighted by Crippen LogP contribution is -2.29. The minimum absolute atomic E-state index is 0.0163. The van der Waals surface area contributed by atoms with Gasteiger partial charge >= 0.3 is 0 Å². The first-order chi connectivity index (χ1) is 16.9. The summed E-state index contributed by atoms with van der Waals surface area (Å²) in [5.41, 5.74) is 2.51. The van der Waals surface area contributed by atoms with Crippen molar-refractivity contribution < 1.29 is 18.3 Å². The number of carbonyl (C=O) groups is 1. The third-order valence-electron chi connectivity index (χ3n) is 6.18. The van der Waals surface area contributed by atoms with Gasteiger partial charge in [0.1, 0.15) is 17.1 Å². The molecule has 178 valence electrons. The van der Waals surface area contributed by atoms with Crippen LogP contribution in [0.15, 0.2) is 69.9 Å². The Morgan fingerprint density at radius 2 is 1.77 bits per heavy atom. The van der Waals surface area contributed by atoms with Crippen molar-refractivity contribution in [2.75, 3.05) is 6.61 Å². The van der Waals surface area contributed by atoms with E-state index in [1.165, 1.54) is 12.1 Å². The molecule has 1 aliphatic heterocycles. The summed E-state index contributed by atoms with van der Waals surface area (Å²) in [6, 6.07) is 15.9. The van der Waals surface area contributed by atoms with E-state index in [1.54, 1.807) is 29.2 Å². The van der Waals surface area contributed by atoms with Gasteiger partial charge in [0.2, 0.25) is 5.76 Å². The van der Waals surface area contributed by atoms with Gasteiger partial charge in [-0.3, -0.25) is 9.59 Å². The number of rotatable bonds is 6. The summed E-state index contributed by atoms with van der Waals surface area (Å²) in [4.78, 5) is 28.8. The molecule has 5 nitrogen and oxygen atoms in total. The molecule has 0 aliphatic carbocycles. The maximum atomic E-state index is 13.7. The highest BCUT2D eigenvalue weighted by atomic mass is 35.5. The SMILES string of the molecule is CCCOc1ccc(C2c3c(oc4cc(C)c(Cl)cc4c3=O)C(=O)N2Cc2ccc(F)cc2)cc1. The molecule has 5 rings (SSSR count). The number of benzene rings is 3. The summed E-state index contributed by atoms with van der Waals surface area (Å²) in [6.07, 6.45) is 0.883. The van der Waals surface area contributed by atoms with Crippen molar-refractivity contribution in [3.63, 3.8) is 0 Å². The molecule has 0 saturated heterocycles. The third-order valence-corrected chi connectivity index (χ3v) is 6.59. The average Bonchev–Trinajstić information content (AvgIpc) is 3.12. The lowest BCUT2D eigenvalue weighted by Gasteiger charge is -2.25. The van der Waals surface area contributed by atoms with Crippen molar-refractivity contribution in [3.05, 3.63) is 110 Å². The van der Waals surface area contributed by atoms with Gasteiger partial charge in [-0.1, -0.05) is 42.8 Å². The molecule has 0 radical (unpaired) electrons. The fraction of sp³-hybridized carbons (Fsp3) is 0.214. The summed E-state index contributed by atoms with van der Waals surface area (Å²) in [7, 11) is 0. The molecule has 4 aromatic rings. The van der Waals surface area contributed by atoms with Gasteiger partial charge in [0.15, 0.2) is 5.43 Å². The minimum atomic E-state index is -0.677. The van der Waals surface area contributed by atoms with Crippen LogP contribution in [0.4, 0.5) is 4.39 Å². The first-order valence-corrected chi connectivity index (χ1v) is 11.8. The Balaban J connectivity index is 1.66. The van der Waals surface area contributed by atoms with Gasteiger partial charge in [0.05, 0.1) is 23.6 Å². The predicted molar refractivity (Wildman–Crippen MR) is 133 cm³/mol. The van der Waals surface area contributed by atoms with Crippen molar-refractivity contribution in [1.29, 1.82) is 0 Å². The molecular weight excluding hydrogens is 469 g/mol. The number of aryl methyl sites for hydroxylation is 1. The Kier molecular flexibility index (Phi) is 6.07. The second-order valence-corrected chi connectivity index (χ2v) is 9.06. The molecule has 1 aliphatic rings.